The topological polar surface area (TPSA) is 56.0 Å². The van der Waals surface area contributed by atoms with Crippen LogP contribution < -0.4 is 5.73 Å². The zero-order chi connectivity index (χ0) is 11.5. The van der Waals surface area contributed by atoms with Gasteiger partial charge in [0.15, 0.2) is 5.69 Å². The van der Waals surface area contributed by atoms with Crippen molar-refractivity contribution in [3.8, 4) is 11.8 Å². The molecule has 3 nitrogen and oxygen atoms in total. The molecular formula is C9H5F3N2O. The molecule has 0 spiro atoms. The Bertz CT molecular complexity index is 443. The molecule has 1 aromatic rings. The van der Waals surface area contributed by atoms with Gasteiger partial charge in [0, 0.05) is 12.1 Å². The highest BCUT2D eigenvalue weighted by Crippen LogP contribution is 2.29. The summed E-state index contributed by atoms with van der Waals surface area (Å²) < 4.78 is 37.0. The lowest BCUT2D eigenvalue weighted by molar-refractivity contribution is -0.141. The van der Waals surface area contributed by atoms with Gasteiger partial charge in [-0.3, -0.25) is 9.78 Å². The van der Waals surface area contributed by atoms with E-state index in [0.29, 0.717) is 0 Å². The Labute approximate surface area is 83.1 Å². The van der Waals surface area contributed by atoms with Crippen molar-refractivity contribution >= 4 is 5.91 Å². The highest BCUT2D eigenvalue weighted by molar-refractivity contribution is 5.92. The van der Waals surface area contributed by atoms with Gasteiger partial charge in [0.25, 0.3) is 5.91 Å². The zero-order valence-corrected chi connectivity index (χ0v) is 7.30. The minimum absolute atomic E-state index is 0.371. The molecule has 0 unspecified atom stereocenters. The molecule has 1 aromatic heterocycles. The van der Waals surface area contributed by atoms with Gasteiger partial charge in [0.1, 0.15) is 0 Å². The molecule has 1 rings (SSSR count). The van der Waals surface area contributed by atoms with E-state index in [0.717, 1.165) is 12.3 Å². The lowest BCUT2D eigenvalue weighted by atomic mass is 10.2. The number of alkyl halides is 3. The van der Waals surface area contributed by atoms with Crippen LogP contribution in [0.2, 0.25) is 0 Å². The molecule has 0 radical (unpaired) electrons. The Kier molecular flexibility index (Phi) is 2.95. The van der Waals surface area contributed by atoms with Crippen LogP contribution in [0.5, 0.6) is 0 Å². The Hall–Kier alpha value is -2.03. The van der Waals surface area contributed by atoms with E-state index in [1.807, 2.05) is 11.8 Å². The number of amides is 1. The molecule has 6 heteroatoms. The first-order valence-electron chi connectivity index (χ1n) is 3.75. The fourth-order valence-corrected chi connectivity index (χ4v) is 0.861. The van der Waals surface area contributed by atoms with Gasteiger partial charge < -0.3 is 5.73 Å². The maximum atomic E-state index is 12.3. The molecule has 2 N–H and O–H groups in total. The predicted molar refractivity (Wildman–Crippen MR) is 45.3 cm³/mol. The van der Waals surface area contributed by atoms with Gasteiger partial charge in [-0.2, -0.15) is 13.2 Å². The molecule has 0 saturated carbocycles. The van der Waals surface area contributed by atoms with Gasteiger partial charge in [0.2, 0.25) is 0 Å². The number of hydrogen-bond acceptors (Lipinski definition) is 2. The van der Waals surface area contributed by atoms with Crippen LogP contribution >= 0.6 is 0 Å². The number of pyridine rings is 1. The van der Waals surface area contributed by atoms with Crippen LogP contribution in [0, 0.1) is 11.8 Å². The Morgan fingerprint density at radius 3 is 2.67 bits per heavy atom. The molecule has 0 atom stereocenters. The molecule has 78 valence electrons. The molecule has 0 aromatic carbocycles. The van der Waals surface area contributed by atoms with Crippen molar-refractivity contribution in [2.24, 2.45) is 5.73 Å². The summed E-state index contributed by atoms with van der Waals surface area (Å²) in [5.41, 5.74) is 3.19. The number of carbonyl (C=O) groups excluding carboxylic acids is 1. The normalized spacial score (nSPS) is 10.3. The highest BCUT2D eigenvalue weighted by Gasteiger charge is 2.34. The van der Waals surface area contributed by atoms with E-state index < -0.39 is 17.8 Å². The van der Waals surface area contributed by atoms with Gasteiger partial charge in [-0.05, 0) is 12.1 Å². The van der Waals surface area contributed by atoms with Crippen LogP contribution in [-0.4, -0.2) is 10.9 Å². The van der Waals surface area contributed by atoms with Crippen LogP contribution in [0.4, 0.5) is 13.2 Å². The quantitative estimate of drug-likeness (QED) is 0.653. The SMILES string of the molecule is NC(=O)C#Cc1cccnc1C(F)(F)F. The summed E-state index contributed by atoms with van der Waals surface area (Å²) in [6.45, 7) is 0. The number of nitrogens with zero attached hydrogens (tertiary/aromatic N) is 1. The monoisotopic (exact) mass is 214 g/mol. The van der Waals surface area contributed by atoms with Crippen LogP contribution in [0.15, 0.2) is 18.3 Å². The molecule has 15 heavy (non-hydrogen) atoms. The van der Waals surface area contributed by atoms with Crippen molar-refractivity contribution in [2.75, 3.05) is 0 Å². The van der Waals surface area contributed by atoms with E-state index in [1.54, 1.807) is 0 Å². The molecule has 0 aliphatic carbocycles. The van der Waals surface area contributed by atoms with Crippen molar-refractivity contribution in [2.45, 2.75) is 6.18 Å². The van der Waals surface area contributed by atoms with Crippen molar-refractivity contribution in [1.82, 2.24) is 4.98 Å². The van der Waals surface area contributed by atoms with Crippen LogP contribution in [0.3, 0.4) is 0 Å². The van der Waals surface area contributed by atoms with E-state index in [1.165, 1.54) is 6.07 Å². The first-order valence-corrected chi connectivity index (χ1v) is 3.75. The maximum Gasteiger partial charge on any atom is 0.434 e. The number of rotatable bonds is 0. The van der Waals surface area contributed by atoms with Gasteiger partial charge in [-0.25, -0.2) is 0 Å². The number of halogens is 3. The second-order valence-electron chi connectivity index (χ2n) is 2.51. The van der Waals surface area contributed by atoms with E-state index in [4.69, 9.17) is 0 Å². The third-order valence-electron chi connectivity index (χ3n) is 1.40. The molecule has 0 saturated heterocycles. The Balaban J connectivity index is 3.21. The minimum Gasteiger partial charge on any atom is -0.359 e. The van der Waals surface area contributed by atoms with Crippen molar-refractivity contribution in [3.63, 3.8) is 0 Å². The number of carbonyl (C=O) groups is 1. The van der Waals surface area contributed by atoms with Gasteiger partial charge in [-0.1, -0.05) is 5.92 Å². The summed E-state index contributed by atoms with van der Waals surface area (Å²) in [5.74, 6) is 2.84. The van der Waals surface area contributed by atoms with Crippen molar-refractivity contribution in [3.05, 3.63) is 29.6 Å². The molecule has 0 bridgehead atoms. The third kappa shape index (κ3) is 2.98. The number of primary amides is 1. The van der Waals surface area contributed by atoms with Crippen LogP contribution in [-0.2, 0) is 11.0 Å². The number of aromatic nitrogens is 1. The van der Waals surface area contributed by atoms with Crippen molar-refractivity contribution in [1.29, 1.82) is 0 Å². The number of nitrogens with two attached hydrogens (primary N) is 1. The summed E-state index contributed by atoms with van der Waals surface area (Å²) >= 11 is 0. The Morgan fingerprint density at radius 1 is 1.47 bits per heavy atom. The maximum absolute atomic E-state index is 12.3. The second-order valence-corrected chi connectivity index (χ2v) is 2.51. The van der Waals surface area contributed by atoms with E-state index in [-0.39, 0.29) is 5.56 Å². The average molecular weight is 214 g/mol. The van der Waals surface area contributed by atoms with Gasteiger partial charge in [-0.15, -0.1) is 0 Å². The summed E-state index contributed by atoms with van der Waals surface area (Å²) in [7, 11) is 0. The minimum atomic E-state index is -4.59. The molecular weight excluding hydrogens is 209 g/mol. The summed E-state index contributed by atoms with van der Waals surface area (Å²) in [6.07, 6.45) is -3.60. The fourth-order valence-electron chi connectivity index (χ4n) is 0.861. The molecule has 0 fully saturated rings. The largest absolute Gasteiger partial charge is 0.434 e. The zero-order valence-electron chi connectivity index (χ0n) is 7.30. The molecule has 0 aliphatic rings. The number of hydrogen-bond donors (Lipinski definition) is 1. The lowest BCUT2D eigenvalue weighted by Gasteiger charge is -2.06. The first kappa shape index (κ1) is 11.0. The predicted octanol–water partition coefficient (Wildman–Crippen LogP) is 0.937. The molecule has 1 amide bonds. The van der Waals surface area contributed by atoms with Crippen LogP contribution in [0.25, 0.3) is 0 Å². The summed E-state index contributed by atoms with van der Waals surface area (Å²) in [6, 6.07) is 2.41. The van der Waals surface area contributed by atoms with Crippen LogP contribution in [0.1, 0.15) is 11.3 Å². The summed E-state index contributed by atoms with van der Waals surface area (Å²) in [5, 5.41) is 0. The Morgan fingerprint density at radius 2 is 2.13 bits per heavy atom. The summed E-state index contributed by atoms with van der Waals surface area (Å²) in [4.78, 5) is 13.4. The van der Waals surface area contributed by atoms with E-state index in [2.05, 4.69) is 10.7 Å². The van der Waals surface area contributed by atoms with Crippen molar-refractivity contribution < 1.29 is 18.0 Å². The second kappa shape index (κ2) is 4.00. The smallest absolute Gasteiger partial charge is 0.359 e. The van der Waals surface area contributed by atoms with E-state index in [9.17, 15) is 18.0 Å². The van der Waals surface area contributed by atoms with E-state index >= 15 is 0 Å². The third-order valence-corrected chi connectivity index (χ3v) is 1.40. The van der Waals surface area contributed by atoms with Gasteiger partial charge >= 0.3 is 6.18 Å². The standard InChI is InChI=1S/C9H5F3N2O/c10-9(11,12)8-6(2-1-5-14-8)3-4-7(13)15/h1-2,5H,(H2,13,15). The fraction of sp³-hybridized carbons (Fsp3) is 0.111. The lowest BCUT2D eigenvalue weighted by Crippen LogP contribution is -2.11. The molecule has 1 heterocycles. The van der Waals surface area contributed by atoms with Gasteiger partial charge in [0.05, 0.1) is 5.56 Å². The highest BCUT2D eigenvalue weighted by atomic mass is 19.4. The average Bonchev–Trinajstić information content (AvgIpc) is 2.13. The first-order chi connectivity index (χ1) is 6.91. The molecule has 0 aliphatic heterocycles.